The average molecular weight is 351 g/mol. The minimum atomic E-state index is 0.595. The maximum absolute atomic E-state index is 5.01. The maximum Gasteiger partial charge on any atom is 0.224 e. The summed E-state index contributed by atoms with van der Waals surface area (Å²) in [6.45, 7) is 5.29. The molecule has 0 aliphatic heterocycles. The Labute approximate surface area is 133 Å². The van der Waals surface area contributed by atoms with Crippen LogP contribution in [0.15, 0.2) is 28.7 Å². The number of methoxy groups -OCH3 is 1. The van der Waals surface area contributed by atoms with E-state index in [4.69, 9.17) is 4.74 Å². The van der Waals surface area contributed by atoms with E-state index in [1.807, 2.05) is 19.1 Å². The van der Waals surface area contributed by atoms with Gasteiger partial charge in [-0.25, -0.2) is 4.98 Å². The molecule has 0 spiro atoms. The lowest BCUT2D eigenvalue weighted by molar-refractivity contribution is 0.210. The van der Waals surface area contributed by atoms with Gasteiger partial charge in [0.25, 0.3) is 0 Å². The van der Waals surface area contributed by atoms with Crippen molar-refractivity contribution >= 4 is 33.4 Å². The molecule has 2 N–H and O–H groups in total. The first-order valence-electron chi connectivity index (χ1n) is 6.70. The second-order valence-corrected chi connectivity index (χ2v) is 5.60. The molecule has 1 aromatic heterocycles. The molecule has 1 aromatic carbocycles. The normalized spacial score (nSPS) is 10.5. The van der Waals surface area contributed by atoms with Gasteiger partial charge in [-0.05, 0) is 47.5 Å². The van der Waals surface area contributed by atoms with Gasteiger partial charge in [0.15, 0.2) is 0 Å². The van der Waals surface area contributed by atoms with E-state index in [0.717, 1.165) is 21.7 Å². The SMILES string of the molecule is COCCNc1nc(C)cc(Nc2ccc(C)cc2Br)n1. The first kappa shape index (κ1) is 15.7. The van der Waals surface area contributed by atoms with Crippen LogP contribution in [-0.4, -0.2) is 30.2 Å². The molecule has 0 bridgehead atoms. The van der Waals surface area contributed by atoms with Crippen molar-refractivity contribution in [3.63, 3.8) is 0 Å². The molecule has 112 valence electrons. The van der Waals surface area contributed by atoms with Crippen molar-refractivity contribution in [1.82, 2.24) is 9.97 Å². The summed E-state index contributed by atoms with van der Waals surface area (Å²) in [6, 6.07) is 8.05. The highest BCUT2D eigenvalue weighted by Crippen LogP contribution is 2.26. The van der Waals surface area contributed by atoms with Crippen molar-refractivity contribution < 1.29 is 4.74 Å². The molecule has 5 nitrogen and oxygen atoms in total. The molecule has 0 atom stereocenters. The van der Waals surface area contributed by atoms with E-state index in [0.29, 0.717) is 19.1 Å². The fourth-order valence-corrected chi connectivity index (χ4v) is 2.43. The number of hydrogen-bond acceptors (Lipinski definition) is 5. The molecular weight excluding hydrogens is 332 g/mol. The van der Waals surface area contributed by atoms with Crippen LogP contribution in [0.3, 0.4) is 0 Å². The predicted molar refractivity (Wildman–Crippen MR) is 89.3 cm³/mol. The van der Waals surface area contributed by atoms with Gasteiger partial charge >= 0.3 is 0 Å². The number of hydrogen-bond donors (Lipinski definition) is 2. The Kier molecular flexibility index (Phi) is 5.52. The van der Waals surface area contributed by atoms with Crippen LogP contribution in [-0.2, 0) is 4.74 Å². The standard InChI is InChI=1S/C15H19BrN4O/c1-10-4-5-13(12(16)8-10)19-14-9-11(2)18-15(20-14)17-6-7-21-3/h4-5,8-9H,6-7H2,1-3H3,(H2,17,18,19,20). The minimum absolute atomic E-state index is 0.595. The number of aryl methyl sites for hydroxylation is 2. The highest BCUT2D eigenvalue weighted by Gasteiger charge is 2.05. The van der Waals surface area contributed by atoms with Gasteiger partial charge in [0.2, 0.25) is 5.95 Å². The van der Waals surface area contributed by atoms with Crippen molar-refractivity contribution in [3.8, 4) is 0 Å². The molecule has 0 aliphatic rings. The lowest BCUT2D eigenvalue weighted by Crippen LogP contribution is -2.11. The molecule has 0 radical (unpaired) electrons. The third-order valence-electron chi connectivity index (χ3n) is 2.83. The Bertz CT molecular complexity index is 619. The molecule has 2 aromatic rings. The van der Waals surface area contributed by atoms with E-state index < -0.39 is 0 Å². The summed E-state index contributed by atoms with van der Waals surface area (Å²) in [5.41, 5.74) is 3.07. The summed E-state index contributed by atoms with van der Waals surface area (Å²) in [5.74, 6) is 1.35. The van der Waals surface area contributed by atoms with Gasteiger partial charge in [0.1, 0.15) is 5.82 Å². The molecule has 21 heavy (non-hydrogen) atoms. The van der Waals surface area contributed by atoms with Gasteiger partial charge in [0.05, 0.1) is 12.3 Å². The Morgan fingerprint density at radius 3 is 2.71 bits per heavy atom. The second-order valence-electron chi connectivity index (χ2n) is 4.75. The van der Waals surface area contributed by atoms with E-state index in [1.165, 1.54) is 5.56 Å². The molecule has 0 fully saturated rings. The van der Waals surface area contributed by atoms with Crippen molar-refractivity contribution in [1.29, 1.82) is 0 Å². The summed E-state index contributed by atoms with van der Waals surface area (Å²) in [5, 5.41) is 6.44. The Balaban J connectivity index is 2.15. The lowest BCUT2D eigenvalue weighted by Gasteiger charge is -2.11. The number of aromatic nitrogens is 2. The number of anilines is 3. The van der Waals surface area contributed by atoms with E-state index in [2.05, 4.69) is 55.6 Å². The zero-order valence-electron chi connectivity index (χ0n) is 12.4. The summed E-state index contributed by atoms with van der Waals surface area (Å²) in [4.78, 5) is 8.81. The van der Waals surface area contributed by atoms with Gasteiger partial charge < -0.3 is 15.4 Å². The molecule has 0 saturated heterocycles. The molecule has 1 heterocycles. The summed E-state index contributed by atoms with van der Waals surface area (Å²) < 4.78 is 6.01. The number of rotatable bonds is 6. The van der Waals surface area contributed by atoms with E-state index >= 15 is 0 Å². The van der Waals surface area contributed by atoms with Crippen LogP contribution < -0.4 is 10.6 Å². The number of nitrogens with one attached hydrogen (secondary N) is 2. The first-order chi connectivity index (χ1) is 10.1. The molecule has 0 saturated carbocycles. The van der Waals surface area contributed by atoms with Crippen LogP contribution in [0.25, 0.3) is 0 Å². The lowest BCUT2D eigenvalue weighted by atomic mass is 10.2. The van der Waals surface area contributed by atoms with Crippen molar-refractivity contribution in [3.05, 3.63) is 40.0 Å². The summed E-state index contributed by atoms with van der Waals surface area (Å²) in [7, 11) is 1.67. The van der Waals surface area contributed by atoms with Crippen LogP contribution >= 0.6 is 15.9 Å². The van der Waals surface area contributed by atoms with E-state index in [9.17, 15) is 0 Å². The van der Waals surface area contributed by atoms with Gasteiger partial charge in [0, 0.05) is 29.9 Å². The third-order valence-corrected chi connectivity index (χ3v) is 3.49. The summed E-state index contributed by atoms with van der Waals surface area (Å²) >= 11 is 3.55. The fraction of sp³-hybridized carbons (Fsp3) is 0.333. The smallest absolute Gasteiger partial charge is 0.224 e. The highest BCUT2D eigenvalue weighted by molar-refractivity contribution is 9.10. The average Bonchev–Trinajstić information content (AvgIpc) is 2.42. The molecule has 0 aliphatic carbocycles. The van der Waals surface area contributed by atoms with Gasteiger partial charge in [-0.15, -0.1) is 0 Å². The van der Waals surface area contributed by atoms with Gasteiger partial charge in [-0.2, -0.15) is 4.98 Å². The number of halogens is 1. The van der Waals surface area contributed by atoms with E-state index in [1.54, 1.807) is 7.11 Å². The van der Waals surface area contributed by atoms with Crippen LogP contribution in [0.5, 0.6) is 0 Å². The Morgan fingerprint density at radius 1 is 1.19 bits per heavy atom. The fourth-order valence-electron chi connectivity index (χ4n) is 1.84. The first-order valence-corrected chi connectivity index (χ1v) is 7.49. The van der Waals surface area contributed by atoms with E-state index in [-0.39, 0.29) is 0 Å². The van der Waals surface area contributed by atoms with Gasteiger partial charge in [-0.3, -0.25) is 0 Å². The zero-order chi connectivity index (χ0) is 15.2. The molecular formula is C15H19BrN4O. The Hall–Kier alpha value is -1.66. The molecule has 2 rings (SSSR count). The Morgan fingerprint density at radius 2 is 2.00 bits per heavy atom. The number of ether oxygens (including phenoxy) is 1. The highest BCUT2D eigenvalue weighted by atomic mass is 79.9. The molecule has 0 unspecified atom stereocenters. The molecule has 0 amide bonds. The summed E-state index contributed by atoms with van der Waals surface area (Å²) in [6.07, 6.45) is 0. The van der Waals surface area contributed by atoms with Crippen LogP contribution in [0.2, 0.25) is 0 Å². The number of benzene rings is 1. The quantitative estimate of drug-likeness (QED) is 0.778. The minimum Gasteiger partial charge on any atom is -0.383 e. The largest absolute Gasteiger partial charge is 0.383 e. The van der Waals surface area contributed by atoms with Crippen LogP contribution in [0.4, 0.5) is 17.5 Å². The topological polar surface area (TPSA) is 59.1 Å². The van der Waals surface area contributed by atoms with Crippen molar-refractivity contribution in [2.75, 3.05) is 30.9 Å². The predicted octanol–water partition coefficient (Wildman–Crippen LogP) is 3.66. The van der Waals surface area contributed by atoms with Crippen LogP contribution in [0.1, 0.15) is 11.3 Å². The zero-order valence-corrected chi connectivity index (χ0v) is 14.0. The molecule has 6 heteroatoms. The monoisotopic (exact) mass is 350 g/mol. The number of nitrogens with zero attached hydrogens (tertiary/aromatic N) is 2. The van der Waals surface area contributed by atoms with Gasteiger partial charge in [-0.1, -0.05) is 6.07 Å². The maximum atomic E-state index is 5.01. The van der Waals surface area contributed by atoms with Crippen LogP contribution in [0, 0.1) is 13.8 Å². The third kappa shape index (κ3) is 4.68. The van der Waals surface area contributed by atoms with Crippen molar-refractivity contribution in [2.45, 2.75) is 13.8 Å². The second kappa shape index (κ2) is 7.38. The van der Waals surface area contributed by atoms with Crippen molar-refractivity contribution in [2.24, 2.45) is 0 Å².